The Balaban J connectivity index is 2.28. The maximum atomic E-state index is 12.3. The highest BCUT2D eigenvalue weighted by Gasteiger charge is 2.05. The van der Waals surface area contributed by atoms with Crippen LogP contribution in [0.4, 0.5) is 0 Å². The van der Waals surface area contributed by atoms with Crippen molar-refractivity contribution in [3.05, 3.63) is 39.4 Å². The van der Waals surface area contributed by atoms with E-state index in [0.717, 1.165) is 29.6 Å². The molecule has 0 aliphatic heterocycles. The van der Waals surface area contributed by atoms with Crippen molar-refractivity contribution in [3.63, 3.8) is 0 Å². The first-order valence-corrected chi connectivity index (χ1v) is 7.32. The van der Waals surface area contributed by atoms with Gasteiger partial charge in [0.05, 0.1) is 17.2 Å². The predicted molar refractivity (Wildman–Crippen MR) is 81.5 cm³/mol. The van der Waals surface area contributed by atoms with Crippen LogP contribution < -0.4 is 5.56 Å². The van der Waals surface area contributed by atoms with Crippen LogP contribution in [0.1, 0.15) is 13.8 Å². The summed E-state index contributed by atoms with van der Waals surface area (Å²) in [6.07, 6.45) is 1.64. The summed E-state index contributed by atoms with van der Waals surface area (Å²) in [7, 11) is 0. The zero-order chi connectivity index (χ0) is 13.8. The normalized spacial score (nSPS) is 11.4. The Labute approximate surface area is 121 Å². The summed E-state index contributed by atoms with van der Waals surface area (Å²) in [5.74, 6) is 0. The van der Waals surface area contributed by atoms with Gasteiger partial charge in [0.1, 0.15) is 0 Å². The highest BCUT2D eigenvalue weighted by Crippen LogP contribution is 2.14. The molecule has 0 bridgehead atoms. The lowest BCUT2D eigenvalue weighted by atomic mass is 10.2. The zero-order valence-electron chi connectivity index (χ0n) is 11.3. The molecular formula is C14H18BrN3O. The molecule has 0 aliphatic rings. The molecule has 0 saturated carbocycles. The maximum absolute atomic E-state index is 12.3. The van der Waals surface area contributed by atoms with Crippen molar-refractivity contribution in [2.75, 3.05) is 19.6 Å². The predicted octanol–water partition coefficient (Wildman–Crippen LogP) is 2.50. The molecule has 1 aromatic carbocycles. The van der Waals surface area contributed by atoms with E-state index in [1.54, 1.807) is 10.9 Å². The quantitative estimate of drug-likeness (QED) is 0.848. The Hall–Kier alpha value is -1.20. The molecule has 19 heavy (non-hydrogen) atoms. The van der Waals surface area contributed by atoms with Crippen molar-refractivity contribution >= 4 is 26.8 Å². The summed E-state index contributed by atoms with van der Waals surface area (Å²) in [6.45, 7) is 7.80. The summed E-state index contributed by atoms with van der Waals surface area (Å²) in [6, 6.07) is 5.56. The Bertz CT molecular complexity index is 620. The van der Waals surface area contributed by atoms with E-state index in [1.807, 2.05) is 18.2 Å². The molecule has 0 N–H and O–H groups in total. The van der Waals surface area contributed by atoms with Crippen molar-refractivity contribution in [3.8, 4) is 0 Å². The van der Waals surface area contributed by atoms with E-state index in [2.05, 4.69) is 39.7 Å². The second-order valence-corrected chi connectivity index (χ2v) is 5.35. The molecule has 0 amide bonds. The van der Waals surface area contributed by atoms with Gasteiger partial charge in [-0.3, -0.25) is 9.36 Å². The summed E-state index contributed by atoms with van der Waals surface area (Å²) in [5, 5.41) is 0.672. The van der Waals surface area contributed by atoms with Crippen molar-refractivity contribution in [2.24, 2.45) is 0 Å². The fraction of sp³-hybridized carbons (Fsp3) is 0.429. The molecule has 4 nitrogen and oxygen atoms in total. The second-order valence-electron chi connectivity index (χ2n) is 4.43. The third-order valence-corrected chi connectivity index (χ3v) is 3.83. The average molecular weight is 324 g/mol. The minimum Gasteiger partial charge on any atom is -0.302 e. The number of likely N-dealkylation sites (N-methyl/N-ethyl adjacent to an activating group) is 1. The van der Waals surface area contributed by atoms with Crippen LogP contribution in [-0.4, -0.2) is 34.1 Å². The SMILES string of the molecule is CCN(CC)CCn1cnc2cc(Br)ccc2c1=O. The fourth-order valence-corrected chi connectivity index (χ4v) is 2.43. The first-order chi connectivity index (χ1) is 9.15. The van der Waals surface area contributed by atoms with Crippen molar-refractivity contribution < 1.29 is 0 Å². The van der Waals surface area contributed by atoms with Crippen molar-refractivity contribution in [2.45, 2.75) is 20.4 Å². The minimum atomic E-state index is 0.0321. The van der Waals surface area contributed by atoms with Crippen molar-refractivity contribution in [1.82, 2.24) is 14.5 Å². The minimum absolute atomic E-state index is 0.0321. The van der Waals surface area contributed by atoms with E-state index in [4.69, 9.17) is 0 Å². The molecule has 0 radical (unpaired) electrons. The third-order valence-electron chi connectivity index (χ3n) is 3.34. The topological polar surface area (TPSA) is 38.1 Å². The number of hydrogen-bond donors (Lipinski definition) is 0. The van der Waals surface area contributed by atoms with E-state index in [1.165, 1.54) is 0 Å². The third kappa shape index (κ3) is 3.22. The van der Waals surface area contributed by atoms with E-state index < -0.39 is 0 Å². The number of halogens is 1. The number of hydrogen-bond acceptors (Lipinski definition) is 3. The molecule has 1 heterocycles. The van der Waals surface area contributed by atoms with Crippen LogP contribution >= 0.6 is 15.9 Å². The molecule has 1 aromatic heterocycles. The summed E-state index contributed by atoms with van der Waals surface area (Å²) >= 11 is 3.39. The van der Waals surface area contributed by atoms with Crippen LogP contribution in [0.2, 0.25) is 0 Å². The molecule has 5 heteroatoms. The first-order valence-electron chi connectivity index (χ1n) is 6.52. The molecule has 0 fully saturated rings. The van der Waals surface area contributed by atoms with Gasteiger partial charge in [-0.05, 0) is 31.3 Å². The van der Waals surface area contributed by atoms with Gasteiger partial charge in [-0.15, -0.1) is 0 Å². The molecule has 0 atom stereocenters. The van der Waals surface area contributed by atoms with Gasteiger partial charge in [-0.25, -0.2) is 4.98 Å². The lowest BCUT2D eigenvalue weighted by molar-refractivity contribution is 0.289. The number of fused-ring (bicyclic) bond motifs is 1. The van der Waals surface area contributed by atoms with Crippen molar-refractivity contribution in [1.29, 1.82) is 0 Å². The van der Waals surface area contributed by atoms with Crippen LogP contribution in [0.15, 0.2) is 33.8 Å². The Morgan fingerprint density at radius 2 is 2.05 bits per heavy atom. The fourth-order valence-electron chi connectivity index (χ4n) is 2.08. The van der Waals surface area contributed by atoms with Crippen LogP contribution in [0.5, 0.6) is 0 Å². The molecule has 0 spiro atoms. The van der Waals surface area contributed by atoms with E-state index >= 15 is 0 Å². The average Bonchev–Trinajstić information content (AvgIpc) is 2.42. The summed E-state index contributed by atoms with van der Waals surface area (Å²) in [4.78, 5) is 19.0. The molecular weight excluding hydrogens is 306 g/mol. The van der Waals surface area contributed by atoms with Gasteiger partial charge in [-0.2, -0.15) is 0 Å². The number of rotatable bonds is 5. The molecule has 2 aromatic rings. The highest BCUT2D eigenvalue weighted by atomic mass is 79.9. The standard InChI is InChI=1S/C14H18BrN3O/c1-3-17(4-2)7-8-18-10-16-13-9-11(15)5-6-12(13)14(18)19/h5-6,9-10H,3-4,7-8H2,1-2H3. The molecule has 0 saturated heterocycles. The lowest BCUT2D eigenvalue weighted by Gasteiger charge is -2.18. The smallest absolute Gasteiger partial charge is 0.261 e. The Morgan fingerprint density at radius 3 is 2.74 bits per heavy atom. The molecule has 102 valence electrons. The van der Waals surface area contributed by atoms with Gasteiger partial charge < -0.3 is 4.90 Å². The van der Waals surface area contributed by atoms with Crippen LogP contribution in [-0.2, 0) is 6.54 Å². The first kappa shape index (κ1) is 14.2. The summed E-state index contributed by atoms with van der Waals surface area (Å²) in [5.41, 5.74) is 0.767. The lowest BCUT2D eigenvalue weighted by Crippen LogP contribution is -2.31. The van der Waals surface area contributed by atoms with Gasteiger partial charge in [0, 0.05) is 17.6 Å². The van der Waals surface area contributed by atoms with E-state index in [0.29, 0.717) is 11.9 Å². The number of aromatic nitrogens is 2. The van der Waals surface area contributed by atoms with Gasteiger partial charge in [0.15, 0.2) is 0 Å². The Morgan fingerprint density at radius 1 is 1.32 bits per heavy atom. The van der Waals surface area contributed by atoms with Gasteiger partial charge >= 0.3 is 0 Å². The zero-order valence-corrected chi connectivity index (χ0v) is 12.9. The van der Waals surface area contributed by atoms with Gasteiger partial charge in [-0.1, -0.05) is 29.8 Å². The van der Waals surface area contributed by atoms with E-state index in [-0.39, 0.29) is 5.56 Å². The van der Waals surface area contributed by atoms with Gasteiger partial charge in [0.25, 0.3) is 5.56 Å². The van der Waals surface area contributed by atoms with Gasteiger partial charge in [0.2, 0.25) is 0 Å². The number of benzene rings is 1. The number of nitrogens with zero attached hydrogens (tertiary/aromatic N) is 3. The monoisotopic (exact) mass is 323 g/mol. The molecule has 2 rings (SSSR count). The van der Waals surface area contributed by atoms with Crippen LogP contribution in [0.25, 0.3) is 10.9 Å². The second kappa shape index (κ2) is 6.30. The molecule has 0 unspecified atom stereocenters. The largest absolute Gasteiger partial charge is 0.302 e. The maximum Gasteiger partial charge on any atom is 0.261 e. The molecule has 0 aliphatic carbocycles. The Kier molecular flexibility index (Phi) is 4.71. The van der Waals surface area contributed by atoms with Crippen LogP contribution in [0, 0.1) is 0 Å². The van der Waals surface area contributed by atoms with Crippen LogP contribution in [0.3, 0.4) is 0 Å². The summed E-state index contributed by atoms with van der Waals surface area (Å²) < 4.78 is 2.63. The highest BCUT2D eigenvalue weighted by molar-refractivity contribution is 9.10. The van der Waals surface area contributed by atoms with E-state index in [9.17, 15) is 4.79 Å².